The van der Waals surface area contributed by atoms with E-state index in [-0.39, 0.29) is 10.8 Å². The molecule has 3 nitrogen and oxygen atoms in total. The number of hydrogen-bond donors (Lipinski definition) is 0. The lowest BCUT2D eigenvalue weighted by Gasteiger charge is -2.24. The Labute approximate surface area is 112 Å². The van der Waals surface area contributed by atoms with E-state index in [4.69, 9.17) is 4.18 Å². The maximum Gasteiger partial charge on any atom is 0.297 e. The third-order valence-electron chi connectivity index (χ3n) is 4.23. The minimum Gasteiger partial charge on any atom is -0.263 e. The molecule has 0 N–H and O–H groups in total. The number of aryl methyl sites for hydroxylation is 1. The molecular weight excluding hydrogens is 267 g/mol. The molecule has 0 aliphatic heterocycles. The Morgan fingerprint density at radius 2 is 1.84 bits per heavy atom. The molecular formula is C14H17FO3S. The highest BCUT2D eigenvalue weighted by atomic mass is 32.2. The van der Waals surface area contributed by atoms with Gasteiger partial charge in [-0.25, -0.2) is 4.39 Å². The summed E-state index contributed by atoms with van der Waals surface area (Å²) in [7, 11) is -3.77. The zero-order valence-corrected chi connectivity index (χ0v) is 11.6. The molecule has 0 radical (unpaired) electrons. The quantitative estimate of drug-likeness (QED) is 0.802. The van der Waals surface area contributed by atoms with Gasteiger partial charge in [0, 0.05) is 5.92 Å². The molecule has 104 valence electrons. The lowest BCUT2D eigenvalue weighted by Crippen LogP contribution is -2.30. The molecule has 4 atom stereocenters. The molecule has 1 aromatic rings. The Kier molecular flexibility index (Phi) is 3.14. The van der Waals surface area contributed by atoms with Gasteiger partial charge in [0.25, 0.3) is 10.1 Å². The van der Waals surface area contributed by atoms with Crippen LogP contribution in [0.3, 0.4) is 0 Å². The van der Waals surface area contributed by atoms with E-state index in [0.29, 0.717) is 18.8 Å². The van der Waals surface area contributed by atoms with Crippen molar-refractivity contribution in [2.75, 3.05) is 0 Å². The van der Waals surface area contributed by atoms with Crippen LogP contribution < -0.4 is 0 Å². The number of benzene rings is 1. The van der Waals surface area contributed by atoms with Gasteiger partial charge in [-0.05, 0) is 44.2 Å². The first-order valence-corrected chi connectivity index (χ1v) is 8.00. The van der Waals surface area contributed by atoms with Crippen LogP contribution in [0.5, 0.6) is 0 Å². The Balaban J connectivity index is 1.77. The third kappa shape index (κ3) is 2.41. The SMILES string of the molecule is Cc1ccc(S(=O)(=O)O[C@H]2C[C@@H]3C[C@@H]2[C@H](F)C3)cc1. The van der Waals surface area contributed by atoms with Crippen LogP contribution in [0.25, 0.3) is 0 Å². The van der Waals surface area contributed by atoms with E-state index in [1.54, 1.807) is 12.1 Å². The molecule has 2 fully saturated rings. The van der Waals surface area contributed by atoms with E-state index in [1.807, 2.05) is 6.92 Å². The van der Waals surface area contributed by atoms with Crippen molar-refractivity contribution < 1.29 is 17.0 Å². The summed E-state index contributed by atoms with van der Waals surface area (Å²) < 4.78 is 43.2. The predicted octanol–water partition coefficient (Wildman–Crippen LogP) is 2.84. The number of halogens is 1. The van der Waals surface area contributed by atoms with E-state index in [0.717, 1.165) is 12.0 Å². The highest BCUT2D eigenvalue weighted by Gasteiger charge is 2.48. The molecule has 0 aromatic heterocycles. The van der Waals surface area contributed by atoms with Gasteiger partial charge in [0.1, 0.15) is 6.17 Å². The standard InChI is InChI=1S/C14H17FO3S/c1-9-2-4-11(5-3-9)19(16,17)18-14-8-10-6-12(14)13(15)7-10/h2-5,10,12-14H,6-8H2,1H3/t10-,12-,13-,14+/m1/s1. The van der Waals surface area contributed by atoms with Gasteiger partial charge in [0.15, 0.2) is 0 Å². The zero-order chi connectivity index (χ0) is 13.6. The van der Waals surface area contributed by atoms with Crippen LogP contribution in [0.1, 0.15) is 24.8 Å². The maximum absolute atomic E-state index is 13.6. The number of hydrogen-bond acceptors (Lipinski definition) is 3. The fraction of sp³-hybridized carbons (Fsp3) is 0.571. The van der Waals surface area contributed by atoms with Crippen molar-refractivity contribution in [1.82, 2.24) is 0 Å². The summed E-state index contributed by atoms with van der Waals surface area (Å²) in [4.78, 5) is 0.149. The van der Waals surface area contributed by atoms with Gasteiger partial charge < -0.3 is 0 Å². The van der Waals surface area contributed by atoms with Gasteiger partial charge in [0.05, 0.1) is 11.0 Å². The molecule has 1 aromatic carbocycles. The lowest BCUT2D eigenvalue weighted by molar-refractivity contribution is 0.0875. The molecule has 0 spiro atoms. The van der Waals surface area contributed by atoms with E-state index in [9.17, 15) is 12.8 Å². The first-order valence-electron chi connectivity index (χ1n) is 6.60. The largest absolute Gasteiger partial charge is 0.297 e. The molecule has 2 saturated carbocycles. The predicted molar refractivity (Wildman–Crippen MR) is 69.0 cm³/mol. The Morgan fingerprint density at radius 1 is 1.16 bits per heavy atom. The Hall–Kier alpha value is -0.940. The van der Waals surface area contributed by atoms with E-state index >= 15 is 0 Å². The number of fused-ring (bicyclic) bond motifs is 2. The molecule has 0 heterocycles. The highest BCUT2D eigenvalue weighted by molar-refractivity contribution is 7.86. The van der Waals surface area contributed by atoms with Crippen LogP contribution in [-0.2, 0) is 14.3 Å². The fourth-order valence-electron chi connectivity index (χ4n) is 3.24. The van der Waals surface area contributed by atoms with Gasteiger partial charge >= 0.3 is 0 Å². The van der Waals surface area contributed by atoms with Crippen molar-refractivity contribution in [3.63, 3.8) is 0 Å². The lowest BCUT2D eigenvalue weighted by atomic mass is 9.96. The second-order valence-electron chi connectivity index (χ2n) is 5.65. The first-order chi connectivity index (χ1) is 8.95. The van der Waals surface area contributed by atoms with Crippen molar-refractivity contribution in [3.8, 4) is 0 Å². The summed E-state index contributed by atoms with van der Waals surface area (Å²) in [6.07, 6.45) is 0.595. The fourth-order valence-corrected chi connectivity index (χ4v) is 4.36. The van der Waals surface area contributed by atoms with Crippen LogP contribution in [0.2, 0.25) is 0 Å². The highest BCUT2D eigenvalue weighted by Crippen LogP contribution is 2.48. The molecule has 0 amide bonds. The van der Waals surface area contributed by atoms with Crippen molar-refractivity contribution in [1.29, 1.82) is 0 Å². The second kappa shape index (κ2) is 4.56. The molecule has 5 heteroatoms. The van der Waals surface area contributed by atoms with Gasteiger partial charge in [-0.15, -0.1) is 0 Å². The van der Waals surface area contributed by atoms with Crippen LogP contribution in [0.15, 0.2) is 29.2 Å². The summed E-state index contributed by atoms with van der Waals surface area (Å²) >= 11 is 0. The average molecular weight is 284 g/mol. The van der Waals surface area contributed by atoms with Crippen molar-refractivity contribution in [2.45, 2.75) is 43.4 Å². The summed E-state index contributed by atoms with van der Waals surface area (Å²) in [6, 6.07) is 6.53. The monoisotopic (exact) mass is 284 g/mol. The molecule has 19 heavy (non-hydrogen) atoms. The molecule has 2 aliphatic carbocycles. The zero-order valence-electron chi connectivity index (χ0n) is 10.8. The van der Waals surface area contributed by atoms with Crippen LogP contribution in [0, 0.1) is 18.8 Å². The van der Waals surface area contributed by atoms with Gasteiger partial charge in [-0.3, -0.25) is 4.18 Å². The Bertz CT molecular complexity index is 567. The molecule has 2 aliphatic rings. The first kappa shape index (κ1) is 13.1. The van der Waals surface area contributed by atoms with Crippen molar-refractivity contribution >= 4 is 10.1 Å². The molecule has 2 bridgehead atoms. The number of alkyl halides is 1. The van der Waals surface area contributed by atoms with Crippen LogP contribution >= 0.6 is 0 Å². The second-order valence-corrected chi connectivity index (χ2v) is 7.23. The Morgan fingerprint density at radius 3 is 2.42 bits per heavy atom. The van der Waals surface area contributed by atoms with Crippen LogP contribution in [-0.4, -0.2) is 20.7 Å². The molecule has 3 rings (SSSR count). The third-order valence-corrected chi connectivity index (χ3v) is 5.58. The normalized spacial score (nSPS) is 33.8. The van der Waals surface area contributed by atoms with E-state index in [1.165, 1.54) is 12.1 Å². The van der Waals surface area contributed by atoms with E-state index in [2.05, 4.69) is 0 Å². The van der Waals surface area contributed by atoms with Crippen LogP contribution in [0.4, 0.5) is 4.39 Å². The molecule has 0 unspecified atom stereocenters. The van der Waals surface area contributed by atoms with Gasteiger partial charge in [-0.2, -0.15) is 8.42 Å². The smallest absolute Gasteiger partial charge is 0.263 e. The summed E-state index contributed by atoms with van der Waals surface area (Å²) in [6.45, 7) is 1.89. The van der Waals surface area contributed by atoms with Crippen molar-refractivity contribution in [2.24, 2.45) is 11.8 Å². The van der Waals surface area contributed by atoms with Gasteiger partial charge in [-0.1, -0.05) is 17.7 Å². The van der Waals surface area contributed by atoms with Gasteiger partial charge in [0.2, 0.25) is 0 Å². The topological polar surface area (TPSA) is 43.4 Å². The number of rotatable bonds is 3. The van der Waals surface area contributed by atoms with Crippen molar-refractivity contribution in [3.05, 3.63) is 29.8 Å². The summed E-state index contributed by atoms with van der Waals surface area (Å²) in [5.41, 5.74) is 0.989. The summed E-state index contributed by atoms with van der Waals surface area (Å²) in [5, 5.41) is 0. The average Bonchev–Trinajstić information content (AvgIpc) is 2.87. The summed E-state index contributed by atoms with van der Waals surface area (Å²) in [5.74, 6) is 0.0449. The minimum atomic E-state index is -3.77. The minimum absolute atomic E-state index is 0.149. The maximum atomic E-state index is 13.6. The van der Waals surface area contributed by atoms with E-state index < -0.39 is 22.4 Å². The molecule has 0 saturated heterocycles.